The van der Waals surface area contributed by atoms with Crippen molar-refractivity contribution in [3.05, 3.63) is 64.8 Å². The molecule has 3 aliphatic rings. The van der Waals surface area contributed by atoms with Gasteiger partial charge in [0.25, 0.3) is 0 Å². The molecule has 2 aromatic carbocycles. The lowest BCUT2D eigenvalue weighted by molar-refractivity contribution is -0.120. The zero-order valence-electron chi connectivity index (χ0n) is 28.0. The number of urea groups is 1. The van der Waals surface area contributed by atoms with E-state index in [2.05, 4.69) is 42.7 Å². The smallest absolute Gasteiger partial charge is 0.329 e. The highest BCUT2D eigenvalue weighted by molar-refractivity contribution is 7.89. The van der Waals surface area contributed by atoms with Crippen LogP contribution in [0.2, 0.25) is 5.02 Å². The molecule has 16 heteroatoms. The van der Waals surface area contributed by atoms with Gasteiger partial charge in [0.05, 0.1) is 23.7 Å². The Kier molecular flexibility index (Phi) is 9.65. The molecule has 0 atom stereocenters. The van der Waals surface area contributed by atoms with Crippen molar-refractivity contribution < 1.29 is 22.7 Å². The van der Waals surface area contributed by atoms with Crippen molar-refractivity contribution in [1.82, 2.24) is 34.3 Å². The Morgan fingerprint density at radius 3 is 2.54 bits per heavy atom. The first-order chi connectivity index (χ1) is 24.1. The molecule has 3 fully saturated rings. The van der Waals surface area contributed by atoms with E-state index in [0.29, 0.717) is 66.6 Å². The number of ether oxygens (including phenoxy) is 1. The number of fused-ring (bicyclic) bond motifs is 1. The molecule has 264 valence electrons. The van der Waals surface area contributed by atoms with E-state index in [0.717, 1.165) is 42.4 Å². The third-order valence-corrected chi connectivity index (χ3v) is 12.0. The number of anilines is 2. The highest BCUT2D eigenvalue weighted by atomic mass is 35.5. The van der Waals surface area contributed by atoms with Crippen molar-refractivity contribution in [3.8, 4) is 5.88 Å². The predicted octanol–water partition coefficient (Wildman–Crippen LogP) is 4.12. The minimum absolute atomic E-state index is 0.0287. The van der Waals surface area contributed by atoms with Crippen molar-refractivity contribution in [2.75, 3.05) is 50.1 Å². The number of sulfonamides is 1. The Hall–Kier alpha value is -4.31. The fraction of sp³-hybridized carbons (Fsp3) is 0.441. The minimum atomic E-state index is -3.64. The summed E-state index contributed by atoms with van der Waals surface area (Å²) >= 11 is 6.03. The van der Waals surface area contributed by atoms with Crippen molar-refractivity contribution in [2.45, 2.75) is 55.5 Å². The lowest BCUT2D eigenvalue weighted by Crippen LogP contribution is -2.49. The number of methoxy groups -OCH3 is 1. The molecule has 3 amide bonds. The van der Waals surface area contributed by atoms with Crippen LogP contribution in [-0.4, -0.2) is 95.2 Å². The molecule has 0 saturated carbocycles. The third kappa shape index (κ3) is 6.99. The van der Waals surface area contributed by atoms with Gasteiger partial charge in [-0.05, 0) is 80.1 Å². The first kappa shape index (κ1) is 34.2. The predicted molar refractivity (Wildman–Crippen MR) is 189 cm³/mol. The molecule has 0 spiro atoms. The Morgan fingerprint density at radius 2 is 1.80 bits per heavy atom. The van der Waals surface area contributed by atoms with Gasteiger partial charge in [-0.1, -0.05) is 29.8 Å². The number of amides is 3. The minimum Gasteiger partial charge on any atom is -0.480 e. The Bertz CT molecular complexity index is 2020. The number of nitrogens with one attached hydrogen (secondary N) is 2. The molecule has 3 saturated heterocycles. The van der Waals surface area contributed by atoms with E-state index >= 15 is 0 Å². The number of carbonyl (C=O) groups excluding carboxylic acids is 2. The van der Waals surface area contributed by atoms with Crippen LogP contribution in [0.4, 0.5) is 16.6 Å². The number of likely N-dealkylation sites (tertiary alicyclic amines) is 1. The maximum absolute atomic E-state index is 13.6. The normalized spacial score (nSPS) is 18.8. The molecule has 14 nitrogen and oxygen atoms in total. The first-order valence-electron chi connectivity index (χ1n) is 16.8. The summed E-state index contributed by atoms with van der Waals surface area (Å²) in [6.45, 7) is 3.55. The number of rotatable bonds is 9. The van der Waals surface area contributed by atoms with E-state index in [1.807, 2.05) is 31.3 Å². The summed E-state index contributed by atoms with van der Waals surface area (Å²) in [5.74, 6) is 1.36. The van der Waals surface area contributed by atoms with E-state index in [9.17, 15) is 18.0 Å². The van der Waals surface area contributed by atoms with Gasteiger partial charge in [0.15, 0.2) is 5.82 Å². The van der Waals surface area contributed by atoms with Crippen LogP contribution >= 0.6 is 11.6 Å². The van der Waals surface area contributed by atoms with Crippen LogP contribution in [0.1, 0.15) is 49.1 Å². The molecule has 3 aliphatic heterocycles. The average molecular weight is 722 g/mol. The fourth-order valence-electron chi connectivity index (χ4n) is 7.10. The van der Waals surface area contributed by atoms with Gasteiger partial charge in [-0.3, -0.25) is 24.6 Å². The second-order valence-corrected chi connectivity index (χ2v) is 15.4. The van der Waals surface area contributed by atoms with Gasteiger partial charge in [0.2, 0.25) is 27.8 Å². The van der Waals surface area contributed by atoms with E-state index < -0.39 is 16.1 Å². The van der Waals surface area contributed by atoms with Crippen LogP contribution in [0.15, 0.2) is 53.6 Å². The fourth-order valence-corrected chi connectivity index (χ4v) is 8.81. The quantitative estimate of drug-likeness (QED) is 0.258. The summed E-state index contributed by atoms with van der Waals surface area (Å²) in [6.07, 6.45) is 4.92. The van der Waals surface area contributed by atoms with Gasteiger partial charge in [-0.25, -0.2) is 18.2 Å². The largest absolute Gasteiger partial charge is 0.480 e. The van der Waals surface area contributed by atoms with E-state index in [-0.39, 0.29) is 24.2 Å². The van der Waals surface area contributed by atoms with Crippen LogP contribution in [0.25, 0.3) is 10.9 Å². The van der Waals surface area contributed by atoms with Crippen molar-refractivity contribution in [3.63, 3.8) is 0 Å². The molecule has 0 radical (unpaired) electrons. The van der Waals surface area contributed by atoms with Gasteiger partial charge < -0.3 is 10.1 Å². The summed E-state index contributed by atoms with van der Waals surface area (Å²) in [5.41, 5.74) is 3.15. The lowest BCUT2D eigenvalue weighted by Gasteiger charge is -2.33. The van der Waals surface area contributed by atoms with Crippen LogP contribution in [0.5, 0.6) is 5.88 Å². The average Bonchev–Trinajstić information content (AvgIpc) is 3.44. The summed E-state index contributed by atoms with van der Waals surface area (Å²) in [4.78, 5) is 36.8. The molecule has 0 bridgehead atoms. The van der Waals surface area contributed by atoms with Gasteiger partial charge in [-0.15, -0.1) is 0 Å². The van der Waals surface area contributed by atoms with Gasteiger partial charge in [0, 0.05) is 51.1 Å². The monoisotopic (exact) mass is 721 g/mol. The number of imide groups is 1. The number of halogens is 1. The molecule has 2 aromatic heterocycles. The number of benzene rings is 2. The molecule has 0 aliphatic carbocycles. The second-order valence-electron chi connectivity index (χ2n) is 13.1. The van der Waals surface area contributed by atoms with E-state index in [1.54, 1.807) is 15.1 Å². The molecule has 5 heterocycles. The van der Waals surface area contributed by atoms with E-state index in [4.69, 9.17) is 16.3 Å². The number of piperidine rings is 2. The standard InChI is InChI=1S/C34H40ClN9O5S/c1-41-29-19-24(6-7-27(29)31(40-41)44-17-12-30(45)38-34(44)46)23-8-13-42(14-9-23)21-22-4-3-5-26(18-22)50(47,48)43-15-10-25(11-16-43)37-33-36-20-28(35)32(39-33)49-2/h3-7,18-20,23,25H,8-17,21H2,1-2H3,(H,36,37,39)(H,38,45,46). The molecule has 0 unspecified atom stereocenters. The zero-order valence-corrected chi connectivity index (χ0v) is 29.6. The van der Waals surface area contributed by atoms with Crippen LogP contribution in [0, 0.1) is 0 Å². The molecule has 7 rings (SSSR count). The van der Waals surface area contributed by atoms with Crippen LogP contribution < -0.4 is 20.3 Å². The number of aryl methyl sites for hydroxylation is 1. The highest BCUT2D eigenvalue weighted by Gasteiger charge is 2.31. The topological polar surface area (TPSA) is 155 Å². The van der Waals surface area contributed by atoms with Crippen molar-refractivity contribution in [2.24, 2.45) is 7.05 Å². The number of nitrogens with zero attached hydrogens (tertiary/aromatic N) is 7. The maximum Gasteiger partial charge on any atom is 0.329 e. The summed E-state index contributed by atoms with van der Waals surface area (Å²) < 4.78 is 35.8. The molecule has 2 N–H and O–H groups in total. The SMILES string of the molecule is COc1nc(NC2CCN(S(=O)(=O)c3cccc(CN4CCC(c5ccc6c(N7CCC(=O)NC7=O)nn(C)c6c5)CC4)c3)CC2)ncc1Cl. The Morgan fingerprint density at radius 1 is 1.02 bits per heavy atom. The van der Waals surface area contributed by atoms with E-state index in [1.165, 1.54) is 23.8 Å². The number of carbonyl (C=O) groups is 2. The summed E-state index contributed by atoms with van der Waals surface area (Å²) in [5, 5.41) is 11.5. The van der Waals surface area contributed by atoms with Crippen molar-refractivity contribution in [1.29, 1.82) is 0 Å². The summed E-state index contributed by atoms with van der Waals surface area (Å²) in [7, 11) is -0.281. The Labute approximate surface area is 295 Å². The third-order valence-electron chi connectivity index (χ3n) is 9.86. The van der Waals surface area contributed by atoms with Gasteiger partial charge >= 0.3 is 6.03 Å². The van der Waals surface area contributed by atoms with Gasteiger partial charge in [-0.2, -0.15) is 14.4 Å². The van der Waals surface area contributed by atoms with Crippen LogP contribution in [-0.2, 0) is 28.4 Å². The molecule has 50 heavy (non-hydrogen) atoms. The zero-order chi connectivity index (χ0) is 35.0. The second kappa shape index (κ2) is 14.1. The lowest BCUT2D eigenvalue weighted by atomic mass is 9.89. The Balaban J connectivity index is 0.941. The molecular weight excluding hydrogens is 682 g/mol. The maximum atomic E-state index is 13.6. The first-order valence-corrected chi connectivity index (χ1v) is 18.6. The van der Waals surface area contributed by atoms with Crippen LogP contribution in [0.3, 0.4) is 0 Å². The number of hydrogen-bond acceptors (Lipinski definition) is 10. The molecule has 4 aromatic rings. The summed E-state index contributed by atoms with van der Waals surface area (Å²) in [6, 6.07) is 13.2. The molecular formula is C34H40ClN9O5S. The number of aromatic nitrogens is 4. The highest BCUT2D eigenvalue weighted by Crippen LogP contribution is 2.34. The van der Waals surface area contributed by atoms with Gasteiger partial charge in [0.1, 0.15) is 5.02 Å². The van der Waals surface area contributed by atoms with Crippen molar-refractivity contribution >= 4 is 56.2 Å². The number of hydrogen-bond donors (Lipinski definition) is 2.